The van der Waals surface area contributed by atoms with Crippen LogP contribution in [0.1, 0.15) is 12.1 Å². The van der Waals surface area contributed by atoms with E-state index in [1.165, 1.54) is 6.20 Å². The maximum absolute atomic E-state index is 12.1. The van der Waals surface area contributed by atoms with E-state index in [0.29, 0.717) is 0 Å². The standard InChI is InChI=1S/C8H11F3N4O/c9-8(10,11)5-15-2-1-7(16,4-15)6-3-12-14-13-6/h3,16H,1-2,4-5H2,(H,12,13,14)/t7-/m0/s1. The summed E-state index contributed by atoms with van der Waals surface area (Å²) in [4.78, 5) is 1.16. The molecular formula is C8H11F3N4O. The van der Waals surface area contributed by atoms with Crippen molar-refractivity contribution in [2.75, 3.05) is 19.6 Å². The molecule has 16 heavy (non-hydrogen) atoms. The molecule has 2 N–H and O–H groups in total. The predicted molar refractivity (Wildman–Crippen MR) is 47.4 cm³/mol. The van der Waals surface area contributed by atoms with Gasteiger partial charge in [0, 0.05) is 13.1 Å². The molecule has 5 nitrogen and oxygen atoms in total. The largest absolute Gasteiger partial charge is 0.401 e. The monoisotopic (exact) mass is 236 g/mol. The fourth-order valence-corrected chi connectivity index (χ4v) is 1.89. The molecule has 1 aliphatic heterocycles. The van der Waals surface area contributed by atoms with Gasteiger partial charge in [-0.25, -0.2) is 0 Å². The molecule has 0 radical (unpaired) electrons. The Morgan fingerprint density at radius 3 is 2.88 bits per heavy atom. The van der Waals surface area contributed by atoms with Crippen LogP contribution in [0.5, 0.6) is 0 Å². The van der Waals surface area contributed by atoms with E-state index in [-0.39, 0.29) is 25.2 Å². The molecule has 1 aromatic heterocycles. The first-order valence-corrected chi connectivity index (χ1v) is 4.77. The van der Waals surface area contributed by atoms with Gasteiger partial charge in [-0.2, -0.15) is 28.6 Å². The molecule has 1 saturated heterocycles. The van der Waals surface area contributed by atoms with E-state index in [1.807, 2.05) is 0 Å². The third-order valence-corrected chi connectivity index (χ3v) is 2.62. The second-order valence-corrected chi connectivity index (χ2v) is 3.96. The van der Waals surface area contributed by atoms with Gasteiger partial charge in [0.05, 0.1) is 12.7 Å². The summed E-state index contributed by atoms with van der Waals surface area (Å²) >= 11 is 0. The molecule has 0 aliphatic carbocycles. The van der Waals surface area contributed by atoms with Crippen molar-refractivity contribution in [2.45, 2.75) is 18.2 Å². The normalized spacial score (nSPS) is 27.5. The number of aromatic nitrogens is 3. The van der Waals surface area contributed by atoms with Gasteiger partial charge in [0.25, 0.3) is 0 Å². The summed E-state index contributed by atoms with van der Waals surface area (Å²) in [6.07, 6.45) is -2.68. The summed E-state index contributed by atoms with van der Waals surface area (Å²) in [7, 11) is 0. The molecule has 1 aliphatic rings. The Hall–Kier alpha value is -1.15. The van der Waals surface area contributed by atoms with Gasteiger partial charge in [-0.3, -0.25) is 4.90 Å². The molecule has 1 fully saturated rings. The molecule has 0 saturated carbocycles. The van der Waals surface area contributed by atoms with Crippen molar-refractivity contribution in [1.29, 1.82) is 0 Å². The Kier molecular flexibility index (Phi) is 2.62. The van der Waals surface area contributed by atoms with Crippen LogP contribution < -0.4 is 0 Å². The number of halogens is 3. The number of aliphatic hydroxyl groups is 1. The second-order valence-electron chi connectivity index (χ2n) is 3.96. The van der Waals surface area contributed by atoms with Crippen LogP contribution in [-0.2, 0) is 5.60 Å². The van der Waals surface area contributed by atoms with Crippen LogP contribution in [0.4, 0.5) is 13.2 Å². The third kappa shape index (κ3) is 2.33. The predicted octanol–water partition coefficient (Wildman–Crippen LogP) is 0.260. The van der Waals surface area contributed by atoms with Crippen LogP contribution in [0, 0.1) is 0 Å². The quantitative estimate of drug-likeness (QED) is 0.773. The molecular weight excluding hydrogens is 225 g/mol. The number of hydrogen-bond donors (Lipinski definition) is 2. The van der Waals surface area contributed by atoms with Crippen molar-refractivity contribution in [3.63, 3.8) is 0 Å². The van der Waals surface area contributed by atoms with Crippen molar-refractivity contribution >= 4 is 0 Å². The van der Waals surface area contributed by atoms with Gasteiger partial charge in [0.2, 0.25) is 0 Å². The molecule has 8 heteroatoms. The van der Waals surface area contributed by atoms with Gasteiger partial charge in [-0.15, -0.1) is 0 Å². The zero-order valence-electron chi connectivity index (χ0n) is 8.33. The summed E-state index contributed by atoms with van der Waals surface area (Å²) in [5.41, 5.74) is -1.03. The van der Waals surface area contributed by atoms with E-state index in [2.05, 4.69) is 15.4 Å². The summed E-state index contributed by atoms with van der Waals surface area (Å²) < 4.78 is 36.4. The van der Waals surface area contributed by atoms with Gasteiger partial charge in [0.1, 0.15) is 11.3 Å². The molecule has 1 aromatic rings. The minimum atomic E-state index is -4.24. The Morgan fingerprint density at radius 2 is 2.31 bits per heavy atom. The third-order valence-electron chi connectivity index (χ3n) is 2.62. The average molecular weight is 236 g/mol. The molecule has 1 atom stereocenters. The number of H-pyrrole nitrogens is 1. The summed E-state index contributed by atoms with van der Waals surface area (Å²) in [5, 5.41) is 19.7. The van der Waals surface area contributed by atoms with Crippen molar-refractivity contribution < 1.29 is 18.3 Å². The molecule has 2 heterocycles. The number of nitrogens with zero attached hydrogens (tertiary/aromatic N) is 3. The maximum Gasteiger partial charge on any atom is 0.401 e. The van der Waals surface area contributed by atoms with Crippen LogP contribution in [-0.4, -0.2) is 51.2 Å². The van der Waals surface area contributed by atoms with Crippen LogP contribution in [0.25, 0.3) is 0 Å². The van der Waals surface area contributed by atoms with Gasteiger partial charge < -0.3 is 5.11 Å². The highest BCUT2D eigenvalue weighted by atomic mass is 19.4. The SMILES string of the molecule is O[C@@]1(c2cn[nH]n2)CCN(CC(F)(F)F)C1. The number of hydrogen-bond acceptors (Lipinski definition) is 4. The van der Waals surface area contributed by atoms with E-state index in [0.717, 1.165) is 4.90 Å². The number of nitrogens with one attached hydrogen (secondary N) is 1. The van der Waals surface area contributed by atoms with Gasteiger partial charge in [-0.1, -0.05) is 0 Å². The lowest BCUT2D eigenvalue weighted by Crippen LogP contribution is -2.36. The lowest BCUT2D eigenvalue weighted by molar-refractivity contribution is -0.145. The molecule has 0 unspecified atom stereocenters. The smallest absolute Gasteiger partial charge is 0.382 e. The first-order chi connectivity index (χ1) is 7.39. The number of rotatable bonds is 2. The minimum absolute atomic E-state index is 0.0704. The lowest BCUT2D eigenvalue weighted by Gasteiger charge is -2.21. The van der Waals surface area contributed by atoms with Crippen molar-refractivity contribution in [3.8, 4) is 0 Å². The van der Waals surface area contributed by atoms with Gasteiger partial charge in [0.15, 0.2) is 0 Å². The van der Waals surface area contributed by atoms with E-state index < -0.39 is 18.3 Å². The zero-order chi connectivity index (χ0) is 11.8. The fraction of sp³-hybridized carbons (Fsp3) is 0.750. The van der Waals surface area contributed by atoms with Crippen molar-refractivity contribution in [2.24, 2.45) is 0 Å². The highest BCUT2D eigenvalue weighted by molar-refractivity contribution is 5.10. The molecule has 0 aromatic carbocycles. The molecule has 0 spiro atoms. The molecule has 2 rings (SSSR count). The molecule has 90 valence electrons. The fourth-order valence-electron chi connectivity index (χ4n) is 1.89. The Bertz CT molecular complexity index is 353. The Morgan fingerprint density at radius 1 is 1.56 bits per heavy atom. The highest BCUT2D eigenvalue weighted by Crippen LogP contribution is 2.31. The number of β-amino-alcohol motifs (C(OH)–C–C–N with tert-alkyl or cyclic N) is 1. The first kappa shape index (κ1) is 11.3. The topological polar surface area (TPSA) is 65.0 Å². The molecule has 0 amide bonds. The van der Waals surface area contributed by atoms with Crippen LogP contribution in [0.3, 0.4) is 0 Å². The van der Waals surface area contributed by atoms with Gasteiger partial charge >= 0.3 is 6.18 Å². The van der Waals surface area contributed by atoms with E-state index in [1.54, 1.807) is 0 Å². The minimum Gasteiger partial charge on any atom is -0.382 e. The Labute approximate surface area is 89.3 Å². The van der Waals surface area contributed by atoms with E-state index in [4.69, 9.17) is 0 Å². The number of aromatic amines is 1. The average Bonchev–Trinajstić information content (AvgIpc) is 2.72. The zero-order valence-corrected chi connectivity index (χ0v) is 8.33. The second kappa shape index (κ2) is 3.70. The maximum atomic E-state index is 12.1. The Balaban J connectivity index is 2.02. The number of likely N-dealkylation sites (tertiary alicyclic amines) is 1. The highest BCUT2D eigenvalue weighted by Gasteiger charge is 2.43. The molecule has 0 bridgehead atoms. The van der Waals surface area contributed by atoms with E-state index >= 15 is 0 Å². The van der Waals surface area contributed by atoms with E-state index in [9.17, 15) is 18.3 Å². The number of alkyl halides is 3. The summed E-state index contributed by atoms with van der Waals surface area (Å²) in [6, 6.07) is 0. The van der Waals surface area contributed by atoms with Crippen LogP contribution in [0.2, 0.25) is 0 Å². The lowest BCUT2D eigenvalue weighted by atomic mass is 10.0. The summed E-state index contributed by atoms with van der Waals surface area (Å²) in [5.74, 6) is 0. The van der Waals surface area contributed by atoms with Gasteiger partial charge in [-0.05, 0) is 6.42 Å². The van der Waals surface area contributed by atoms with Crippen LogP contribution >= 0.6 is 0 Å². The van der Waals surface area contributed by atoms with Crippen molar-refractivity contribution in [3.05, 3.63) is 11.9 Å². The van der Waals surface area contributed by atoms with Crippen LogP contribution in [0.15, 0.2) is 6.20 Å². The first-order valence-electron chi connectivity index (χ1n) is 4.77. The summed E-state index contributed by atoms with van der Waals surface area (Å²) in [6.45, 7) is -0.880. The van der Waals surface area contributed by atoms with Crippen molar-refractivity contribution in [1.82, 2.24) is 20.3 Å².